The first-order chi connectivity index (χ1) is 8.68. The number of aromatic nitrogens is 4. The van der Waals surface area contributed by atoms with Gasteiger partial charge in [0.15, 0.2) is 5.82 Å². The van der Waals surface area contributed by atoms with Crippen LogP contribution in [0.15, 0.2) is 0 Å². The molecule has 2 aliphatic rings. The van der Waals surface area contributed by atoms with Crippen molar-refractivity contribution in [2.24, 2.45) is 5.73 Å². The van der Waals surface area contributed by atoms with E-state index in [1.165, 1.54) is 19.3 Å². The Hall–Kier alpha value is -1.01. The van der Waals surface area contributed by atoms with Crippen LogP contribution in [0.1, 0.15) is 55.8 Å². The Morgan fingerprint density at radius 2 is 2.17 bits per heavy atom. The number of nitrogens with zero attached hydrogens (tertiary/aromatic N) is 4. The monoisotopic (exact) mass is 263 g/mol. The number of fused-ring (bicyclic) bond motifs is 1. The molecule has 2 heterocycles. The Morgan fingerprint density at radius 1 is 1.33 bits per heavy atom. The second kappa shape index (κ2) is 3.51. The van der Waals surface area contributed by atoms with E-state index >= 15 is 0 Å². The quantitative estimate of drug-likeness (QED) is 0.897. The van der Waals surface area contributed by atoms with Crippen LogP contribution in [-0.2, 0) is 5.41 Å². The van der Waals surface area contributed by atoms with Gasteiger partial charge in [0.1, 0.15) is 5.01 Å². The number of hydrogen-bond acceptors (Lipinski definition) is 5. The van der Waals surface area contributed by atoms with Crippen molar-refractivity contribution in [3.63, 3.8) is 0 Å². The standard InChI is InChI=1S/C12H17N5S/c1-12(6-2-3-8(12)13)10-16-17-9(7-4-5-7)14-15-11(17)18-10/h7-8H,2-6,13H2,1H3. The minimum Gasteiger partial charge on any atom is -0.327 e. The zero-order valence-corrected chi connectivity index (χ0v) is 11.3. The van der Waals surface area contributed by atoms with Crippen LogP contribution in [0.25, 0.3) is 4.96 Å². The van der Waals surface area contributed by atoms with Crippen molar-refractivity contribution in [3.8, 4) is 0 Å². The minimum absolute atomic E-state index is 0.0339. The molecule has 2 aromatic heterocycles. The molecule has 2 unspecified atom stereocenters. The van der Waals surface area contributed by atoms with Gasteiger partial charge in [0.25, 0.3) is 0 Å². The lowest BCUT2D eigenvalue weighted by Crippen LogP contribution is -2.38. The molecule has 18 heavy (non-hydrogen) atoms. The third-order valence-electron chi connectivity index (χ3n) is 4.48. The molecule has 5 nitrogen and oxygen atoms in total. The fourth-order valence-corrected chi connectivity index (χ4v) is 4.00. The van der Waals surface area contributed by atoms with Crippen LogP contribution in [0.2, 0.25) is 0 Å². The van der Waals surface area contributed by atoms with Crippen LogP contribution >= 0.6 is 11.3 Å². The second-order valence-electron chi connectivity index (χ2n) is 5.85. The minimum atomic E-state index is 0.0339. The molecule has 4 rings (SSSR count). The average Bonchev–Trinajstić information content (AvgIpc) is 2.82. The van der Waals surface area contributed by atoms with Crippen LogP contribution in [0.4, 0.5) is 0 Å². The van der Waals surface area contributed by atoms with Gasteiger partial charge in [-0.1, -0.05) is 24.7 Å². The molecule has 0 amide bonds. The van der Waals surface area contributed by atoms with Crippen molar-refractivity contribution < 1.29 is 0 Å². The van der Waals surface area contributed by atoms with Crippen LogP contribution < -0.4 is 5.73 Å². The van der Waals surface area contributed by atoms with E-state index in [0.717, 1.165) is 28.6 Å². The first-order valence-electron chi connectivity index (χ1n) is 6.67. The van der Waals surface area contributed by atoms with Crippen molar-refractivity contribution in [3.05, 3.63) is 10.8 Å². The molecule has 2 saturated carbocycles. The third-order valence-corrected chi connectivity index (χ3v) is 5.65. The zero-order chi connectivity index (χ0) is 12.3. The topological polar surface area (TPSA) is 69.1 Å². The van der Waals surface area contributed by atoms with Gasteiger partial charge >= 0.3 is 0 Å². The van der Waals surface area contributed by atoms with Gasteiger partial charge in [-0.2, -0.15) is 9.61 Å². The van der Waals surface area contributed by atoms with Crippen LogP contribution in [0.5, 0.6) is 0 Å². The Balaban J connectivity index is 1.81. The molecule has 96 valence electrons. The van der Waals surface area contributed by atoms with Gasteiger partial charge in [0.2, 0.25) is 4.96 Å². The molecule has 2 aromatic rings. The van der Waals surface area contributed by atoms with Gasteiger partial charge in [-0.05, 0) is 25.7 Å². The maximum Gasteiger partial charge on any atom is 0.234 e. The summed E-state index contributed by atoms with van der Waals surface area (Å²) in [6.07, 6.45) is 5.89. The van der Waals surface area contributed by atoms with Gasteiger partial charge in [0, 0.05) is 17.4 Å². The second-order valence-corrected chi connectivity index (χ2v) is 6.81. The molecular formula is C12H17N5S. The van der Waals surface area contributed by atoms with Crippen molar-refractivity contribution in [2.45, 2.75) is 56.4 Å². The molecule has 2 fully saturated rings. The fourth-order valence-electron chi connectivity index (χ4n) is 2.92. The van der Waals surface area contributed by atoms with Crippen LogP contribution in [0.3, 0.4) is 0 Å². The number of nitrogens with two attached hydrogens (primary N) is 1. The fraction of sp³-hybridized carbons (Fsp3) is 0.750. The first kappa shape index (κ1) is 10.9. The highest BCUT2D eigenvalue weighted by Gasteiger charge is 2.41. The van der Waals surface area contributed by atoms with E-state index in [1.807, 2.05) is 4.52 Å². The first-order valence-corrected chi connectivity index (χ1v) is 7.48. The molecule has 2 N–H and O–H groups in total. The summed E-state index contributed by atoms with van der Waals surface area (Å²) >= 11 is 1.66. The summed E-state index contributed by atoms with van der Waals surface area (Å²) in [5.41, 5.74) is 6.30. The summed E-state index contributed by atoms with van der Waals surface area (Å²) < 4.78 is 1.95. The predicted octanol–water partition coefficient (Wildman–Crippen LogP) is 1.83. The van der Waals surface area contributed by atoms with E-state index in [4.69, 9.17) is 10.8 Å². The third kappa shape index (κ3) is 1.39. The lowest BCUT2D eigenvalue weighted by molar-refractivity contribution is 0.422. The van der Waals surface area contributed by atoms with Gasteiger partial charge in [-0.15, -0.1) is 10.2 Å². The van der Waals surface area contributed by atoms with Crippen molar-refractivity contribution in [2.75, 3.05) is 0 Å². The summed E-state index contributed by atoms with van der Waals surface area (Å²) in [6.45, 7) is 2.24. The SMILES string of the molecule is CC1(c2nn3c(C4CC4)nnc3s2)CCCC1N. The lowest BCUT2D eigenvalue weighted by Gasteiger charge is -2.25. The normalized spacial score (nSPS) is 32.4. The van der Waals surface area contributed by atoms with E-state index in [0.29, 0.717) is 5.92 Å². The molecule has 6 heteroatoms. The molecule has 0 aliphatic heterocycles. The Kier molecular flexibility index (Phi) is 2.12. The van der Waals surface area contributed by atoms with Gasteiger partial charge < -0.3 is 5.73 Å². The molecule has 0 radical (unpaired) electrons. The highest BCUT2D eigenvalue weighted by molar-refractivity contribution is 7.16. The highest BCUT2D eigenvalue weighted by Crippen LogP contribution is 2.43. The summed E-state index contributed by atoms with van der Waals surface area (Å²) in [5, 5.41) is 14.4. The Morgan fingerprint density at radius 3 is 2.83 bits per heavy atom. The van der Waals surface area contributed by atoms with E-state index in [1.54, 1.807) is 11.3 Å². The van der Waals surface area contributed by atoms with E-state index in [-0.39, 0.29) is 11.5 Å². The molecule has 0 bridgehead atoms. The lowest BCUT2D eigenvalue weighted by atomic mass is 9.86. The highest BCUT2D eigenvalue weighted by atomic mass is 32.1. The Bertz CT molecular complexity index is 599. The summed E-state index contributed by atoms with van der Waals surface area (Å²) in [5.74, 6) is 1.63. The van der Waals surface area contributed by atoms with Crippen molar-refractivity contribution in [1.29, 1.82) is 0 Å². The van der Waals surface area contributed by atoms with E-state index in [2.05, 4.69) is 17.1 Å². The van der Waals surface area contributed by atoms with E-state index in [9.17, 15) is 0 Å². The molecule has 0 aromatic carbocycles. The molecular weight excluding hydrogens is 246 g/mol. The molecule has 2 aliphatic carbocycles. The molecule has 0 spiro atoms. The average molecular weight is 263 g/mol. The predicted molar refractivity (Wildman–Crippen MR) is 69.8 cm³/mol. The summed E-state index contributed by atoms with van der Waals surface area (Å²) in [6, 6.07) is 0.227. The smallest absolute Gasteiger partial charge is 0.234 e. The number of rotatable bonds is 2. The molecule has 0 saturated heterocycles. The van der Waals surface area contributed by atoms with Gasteiger partial charge in [-0.25, -0.2) is 0 Å². The Labute approximate surface area is 109 Å². The maximum absolute atomic E-state index is 6.27. The van der Waals surface area contributed by atoms with Gasteiger partial charge in [0.05, 0.1) is 0 Å². The van der Waals surface area contributed by atoms with Crippen molar-refractivity contribution >= 4 is 16.3 Å². The van der Waals surface area contributed by atoms with Crippen molar-refractivity contribution in [1.82, 2.24) is 19.8 Å². The van der Waals surface area contributed by atoms with E-state index < -0.39 is 0 Å². The maximum atomic E-state index is 6.27. The number of hydrogen-bond donors (Lipinski definition) is 1. The molecule has 2 atom stereocenters. The van der Waals surface area contributed by atoms with Crippen LogP contribution in [0, 0.1) is 0 Å². The largest absolute Gasteiger partial charge is 0.327 e. The zero-order valence-electron chi connectivity index (χ0n) is 10.5. The summed E-state index contributed by atoms with van der Waals surface area (Å²) in [7, 11) is 0. The van der Waals surface area contributed by atoms with Crippen LogP contribution in [-0.4, -0.2) is 25.9 Å². The summed E-state index contributed by atoms with van der Waals surface area (Å²) in [4.78, 5) is 0.923. The van der Waals surface area contributed by atoms with Gasteiger partial charge in [-0.3, -0.25) is 0 Å².